The SMILES string of the molecule is O=C(O)c1cn(CCN2CCCC3C(=O)NCC32)nn1. The molecule has 3 heterocycles. The minimum Gasteiger partial charge on any atom is -0.476 e. The first kappa shape index (κ1) is 13.0. The molecule has 3 rings (SSSR count). The maximum Gasteiger partial charge on any atom is 0.358 e. The third kappa shape index (κ3) is 2.38. The normalized spacial score (nSPS) is 26.3. The van der Waals surface area contributed by atoms with E-state index in [0.29, 0.717) is 13.1 Å². The van der Waals surface area contributed by atoms with Gasteiger partial charge in [-0.15, -0.1) is 5.10 Å². The highest BCUT2D eigenvalue weighted by molar-refractivity contribution is 5.84. The summed E-state index contributed by atoms with van der Waals surface area (Å²) in [6.07, 6.45) is 3.41. The highest BCUT2D eigenvalue weighted by Gasteiger charge is 2.40. The smallest absolute Gasteiger partial charge is 0.358 e. The molecule has 0 aliphatic carbocycles. The van der Waals surface area contributed by atoms with Crippen LogP contribution in [0.3, 0.4) is 0 Å². The first-order valence-electron chi connectivity index (χ1n) is 6.80. The highest BCUT2D eigenvalue weighted by atomic mass is 16.4. The number of carboxylic acid groups (broad SMARTS) is 1. The van der Waals surface area contributed by atoms with Crippen molar-refractivity contribution in [2.45, 2.75) is 25.4 Å². The minimum absolute atomic E-state index is 0.0424. The fourth-order valence-corrected chi connectivity index (χ4v) is 3.05. The second-order valence-electron chi connectivity index (χ2n) is 5.27. The lowest BCUT2D eigenvalue weighted by molar-refractivity contribution is -0.124. The van der Waals surface area contributed by atoms with E-state index >= 15 is 0 Å². The number of hydrogen-bond acceptors (Lipinski definition) is 5. The van der Waals surface area contributed by atoms with Crippen LogP contribution in [0.25, 0.3) is 0 Å². The van der Waals surface area contributed by atoms with Crippen molar-refractivity contribution in [2.75, 3.05) is 19.6 Å². The number of aromatic nitrogens is 3. The number of rotatable bonds is 4. The average Bonchev–Trinajstić information content (AvgIpc) is 3.04. The van der Waals surface area contributed by atoms with Gasteiger partial charge in [-0.1, -0.05) is 5.21 Å². The van der Waals surface area contributed by atoms with Gasteiger partial charge in [-0.25, -0.2) is 4.79 Å². The molecular weight excluding hydrogens is 262 g/mol. The number of nitrogens with one attached hydrogen (secondary N) is 1. The van der Waals surface area contributed by atoms with Crippen LogP contribution in [0.15, 0.2) is 6.20 Å². The van der Waals surface area contributed by atoms with Gasteiger partial charge in [0.1, 0.15) is 0 Å². The number of nitrogens with zero attached hydrogens (tertiary/aromatic N) is 4. The molecule has 2 unspecified atom stereocenters. The zero-order chi connectivity index (χ0) is 14.1. The van der Waals surface area contributed by atoms with E-state index in [0.717, 1.165) is 25.9 Å². The first-order valence-corrected chi connectivity index (χ1v) is 6.80. The molecule has 108 valence electrons. The lowest BCUT2D eigenvalue weighted by Crippen LogP contribution is -2.46. The molecule has 0 spiro atoms. The number of aromatic carboxylic acids is 1. The van der Waals surface area contributed by atoms with Gasteiger partial charge < -0.3 is 10.4 Å². The van der Waals surface area contributed by atoms with Crippen LogP contribution < -0.4 is 5.32 Å². The van der Waals surface area contributed by atoms with E-state index in [9.17, 15) is 9.59 Å². The Morgan fingerprint density at radius 2 is 2.35 bits per heavy atom. The van der Waals surface area contributed by atoms with Crippen molar-refractivity contribution in [1.29, 1.82) is 0 Å². The molecule has 0 radical (unpaired) electrons. The Balaban J connectivity index is 1.60. The van der Waals surface area contributed by atoms with E-state index in [2.05, 4.69) is 20.5 Å². The maximum absolute atomic E-state index is 11.7. The Hall–Kier alpha value is -1.96. The number of hydrogen-bond donors (Lipinski definition) is 2. The van der Waals surface area contributed by atoms with Crippen LogP contribution in [0.5, 0.6) is 0 Å². The first-order chi connectivity index (χ1) is 9.65. The van der Waals surface area contributed by atoms with Crippen molar-refractivity contribution in [3.8, 4) is 0 Å². The Kier molecular flexibility index (Phi) is 3.39. The van der Waals surface area contributed by atoms with Gasteiger partial charge in [-0.3, -0.25) is 14.4 Å². The lowest BCUT2D eigenvalue weighted by atomic mass is 9.91. The van der Waals surface area contributed by atoms with Crippen LogP contribution in [-0.4, -0.2) is 62.6 Å². The molecule has 8 heteroatoms. The predicted molar refractivity (Wildman–Crippen MR) is 68.1 cm³/mol. The van der Waals surface area contributed by atoms with Crippen LogP contribution in [0.2, 0.25) is 0 Å². The van der Waals surface area contributed by atoms with Crippen molar-refractivity contribution < 1.29 is 14.7 Å². The zero-order valence-corrected chi connectivity index (χ0v) is 11.0. The molecule has 8 nitrogen and oxygen atoms in total. The summed E-state index contributed by atoms with van der Waals surface area (Å²) in [5.41, 5.74) is -0.0424. The van der Waals surface area contributed by atoms with Gasteiger partial charge >= 0.3 is 5.97 Å². The van der Waals surface area contributed by atoms with E-state index in [-0.39, 0.29) is 23.6 Å². The molecule has 1 aromatic rings. The molecule has 2 aliphatic rings. The Bertz CT molecular complexity index is 529. The van der Waals surface area contributed by atoms with Gasteiger partial charge in [-0.2, -0.15) is 0 Å². The van der Waals surface area contributed by atoms with Gasteiger partial charge in [0.15, 0.2) is 5.69 Å². The number of carbonyl (C=O) groups excluding carboxylic acids is 1. The third-order valence-electron chi connectivity index (χ3n) is 4.09. The van der Waals surface area contributed by atoms with Crippen LogP contribution in [0, 0.1) is 5.92 Å². The van der Waals surface area contributed by atoms with E-state index < -0.39 is 5.97 Å². The van der Waals surface area contributed by atoms with Crippen molar-refractivity contribution in [2.24, 2.45) is 5.92 Å². The Labute approximate surface area is 115 Å². The van der Waals surface area contributed by atoms with Gasteiger partial charge in [0, 0.05) is 19.1 Å². The van der Waals surface area contributed by atoms with Crippen LogP contribution >= 0.6 is 0 Å². The quantitative estimate of drug-likeness (QED) is 0.747. The summed E-state index contributed by atoms with van der Waals surface area (Å²) in [6, 6.07) is 0.263. The topological polar surface area (TPSA) is 100 Å². The molecule has 20 heavy (non-hydrogen) atoms. The molecule has 0 aromatic carbocycles. The average molecular weight is 279 g/mol. The van der Waals surface area contributed by atoms with Gasteiger partial charge in [0.25, 0.3) is 0 Å². The van der Waals surface area contributed by atoms with Crippen molar-refractivity contribution in [3.05, 3.63) is 11.9 Å². The number of amides is 1. The van der Waals surface area contributed by atoms with E-state index in [1.54, 1.807) is 0 Å². The highest BCUT2D eigenvalue weighted by Crippen LogP contribution is 2.26. The zero-order valence-electron chi connectivity index (χ0n) is 11.0. The van der Waals surface area contributed by atoms with E-state index in [1.807, 2.05) is 0 Å². The van der Waals surface area contributed by atoms with Gasteiger partial charge in [0.05, 0.1) is 18.7 Å². The molecule has 2 atom stereocenters. The predicted octanol–water partition coefficient (Wildman–Crippen LogP) is -0.813. The Morgan fingerprint density at radius 3 is 3.10 bits per heavy atom. The molecule has 2 aliphatic heterocycles. The molecule has 0 saturated carbocycles. The van der Waals surface area contributed by atoms with Crippen LogP contribution in [0.1, 0.15) is 23.3 Å². The fraction of sp³-hybridized carbons (Fsp3) is 0.667. The fourth-order valence-electron chi connectivity index (χ4n) is 3.05. The van der Waals surface area contributed by atoms with Crippen molar-refractivity contribution in [1.82, 2.24) is 25.2 Å². The summed E-state index contributed by atoms with van der Waals surface area (Å²) in [4.78, 5) is 24.7. The number of carboxylic acids is 1. The number of likely N-dealkylation sites (tertiary alicyclic amines) is 1. The van der Waals surface area contributed by atoms with Crippen LogP contribution in [-0.2, 0) is 11.3 Å². The minimum atomic E-state index is -1.07. The summed E-state index contributed by atoms with van der Waals surface area (Å²) >= 11 is 0. The maximum atomic E-state index is 11.7. The standard InChI is InChI=1S/C12H17N5O3/c18-11-8-2-1-3-16(10(8)6-13-11)4-5-17-7-9(12(19)20)14-15-17/h7-8,10H,1-6H2,(H,13,18)(H,19,20). The molecule has 2 N–H and O–H groups in total. The van der Waals surface area contributed by atoms with Crippen molar-refractivity contribution in [3.63, 3.8) is 0 Å². The van der Waals surface area contributed by atoms with Gasteiger partial charge in [0.2, 0.25) is 5.91 Å². The summed E-state index contributed by atoms with van der Waals surface area (Å²) in [5, 5.41) is 19.1. The third-order valence-corrected chi connectivity index (χ3v) is 4.09. The molecule has 1 amide bonds. The number of piperidine rings is 1. The summed E-state index contributed by atoms with van der Waals surface area (Å²) in [6.45, 7) is 3.01. The summed E-state index contributed by atoms with van der Waals surface area (Å²) < 4.78 is 1.54. The molecule has 2 saturated heterocycles. The number of fused-ring (bicyclic) bond motifs is 1. The molecular formula is C12H17N5O3. The molecule has 1 aromatic heterocycles. The van der Waals surface area contributed by atoms with E-state index in [1.165, 1.54) is 10.9 Å². The molecule has 2 fully saturated rings. The summed E-state index contributed by atoms with van der Waals surface area (Å²) in [7, 11) is 0. The second-order valence-corrected chi connectivity index (χ2v) is 5.27. The van der Waals surface area contributed by atoms with Gasteiger partial charge in [-0.05, 0) is 19.4 Å². The lowest BCUT2D eigenvalue weighted by Gasteiger charge is -2.35. The Morgan fingerprint density at radius 1 is 1.50 bits per heavy atom. The second kappa shape index (κ2) is 5.20. The number of carbonyl (C=O) groups is 2. The largest absolute Gasteiger partial charge is 0.476 e. The van der Waals surface area contributed by atoms with E-state index in [4.69, 9.17) is 5.11 Å². The van der Waals surface area contributed by atoms with Crippen molar-refractivity contribution >= 4 is 11.9 Å². The molecule has 0 bridgehead atoms. The monoisotopic (exact) mass is 279 g/mol. The summed E-state index contributed by atoms with van der Waals surface area (Å²) in [5.74, 6) is -0.803. The van der Waals surface area contributed by atoms with Crippen LogP contribution in [0.4, 0.5) is 0 Å².